The second kappa shape index (κ2) is 14.1. The number of anilines is 2. The molecule has 2 aromatic heterocycles. The van der Waals surface area contributed by atoms with Crippen LogP contribution in [0.1, 0.15) is 56.4 Å². The van der Waals surface area contributed by atoms with Crippen LogP contribution in [0.25, 0.3) is 16.8 Å². The first-order chi connectivity index (χ1) is 23.8. The number of aryl methyl sites for hydroxylation is 1. The predicted molar refractivity (Wildman–Crippen MR) is 178 cm³/mol. The first kappa shape index (κ1) is 34.9. The lowest BCUT2D eigenvalue weighted by atomic mass is 9.76. The summed E-state index contributed by atoms with van der Waals surface area (Å²) >= 11 is 0. The molecule has 1 spiro atoms. The first-order valence-electron chi connectivity index (χ1n) is 16.5. The third-order valence-electron chi connectivity index (χ3n) is 9.35. The molecule has 0 amide bonds. The van der Waals surface area contributed by atoms with Gasteiger partial charge >= 0.3 is 12.1 Å². The molecule has 0 saturated carbocycles. The second-order valence-corrected chi connectivity index (χ2v) is 12.9. The number of nitrogens with zero attached hydrogens (tertiary/aromatic N) is 5. The molecule has 4 aromatic rings. The number of carboxylic acid groups (broad SMARTS) is 1. The highest BCUT2D eigenvalue weighted by Crippen LogP contribution is 2.43. The van der Waals surface area contributed by atoms with Crippen molar-refractivity contribution in [3.63, 3.8) is 0 Å². The summed E-state index contributed by atoms with van der Waals surface area (Å²) in [5.74, 6) is -1.68. The number of alkyl halides is 3. The Kier molecular flexibility index (Phi) is 9.87. The molecule has 4 heterocycles. The Balaban J connectivity index is 1.29. The summed E-state index contributed by atoms with van der Waals surface area (Å²) in [6.45, 7) is 5.67. The average Bonchev–Trinajstić information content (AvgIpc) is 3.70. The number of piperidine rings is 1. The summed E-state index contributed by atoms with van der Waals surface area (Å²) in [6, 6.07) is 11.1. The van der Waals surface area contributed by atoms with Gasteiger partial charge in [-0.15, -0.1) is 0 Å². The fourth-order valence-electron chi connectivity index (χ4n) is 6.58. The number of benzene rings is 2. The topological polar surface area (TPSA) is 141 Å². The van der Waals surface area contributed by atoms with E-state index in [1.54, 1.807) is 25.3 Å². The van der Waals surface area contributed by atoms with Crippen LogP contribution in [-0.4, -0.2) is 69.3 Å². The van der Waals surface area contributed by atoms with E-state index < -0.39 is 30.1 Å². The number of ether oxygens (including phenoxy) is 2. The number of hydrogen-bond acceptors (Lipinski definition) is 9. The van der Waals surface area contributed by atoms with E-state index in [0.29, 0.717) is 68.1 Å². The molecule has 11 nitrogen and oxygen atoms in total. The second-order valence-electron chi connectivity index (χ2n) is 12.9. The van der Waals surface area contributed by atoms with E-state index in [9.17, 15) is 27.5 Å². The predicted octanol–water partition coefficient (Wildman–Crippen LogP) is 6.25. The Morgan fingerprint density at radius 2 is 1.86 bits per heavy atom. The van der Waals surface area contributed by atoms with Crippen molar-refractivity contribution >= 4 is 17.7 Å². The van der Waals surface area contributed by atoms with Gasteiger partial charge in [0.25, 0.3) is 0 Å². The third-order valence-corrected chi connectivity index (χ3v) is 9.35. The minimum Gasteiger partial charge on any atom is -0.491 e. The van der Waals surface area contributed by atoms with E-state index in [1.807, 2.05) is 11.8 Å². The summed E-state index contributed by atoms with van der Waals surface area (Å²) in [4.78, 5) is 21.6. The third kappa shape index (κ3) is 7.62. The lowest BCUT2D eigenvalue weighted by molar-refractivity contribution is -0.198. The van der Waals surface area contributed by atoms with Crippen LogP contribution < -0.4 is 25.4 Å². The Bertz CT molecular complexity index is 1840. The Hall–Kier alpha value is -4.92. The van der Waals surface area contributed by atoms with Gasteiger partial charge in [0.1, 0.15) is 11.9 Å². The molecule has 0 aliphatic carbocycles. The number of hydrogen-bond donors (Lipinski definition) is 3. The molecule has 2 aliphatic rings. The van der Waals surface area contributed by atoms with Gasteiger partial charge in [-0.3, -0.25) is 4.79 Å². The number of rotatable bonds is 11. The molecular formula is C35H39F4N7O4. The van der Waals surface area contributed by atoms with Crippen molar-refractivity contribution in [2.24, 2.45) is 5.41 Å². The van der Waals surface area contributed by atoms with Gasteiger partial charge in [-0.2, -0.15) is 28.2 Å². The minimum atomic E-state index is -4.89. The number of aliphatic carboxylic acids is 1. The van der Waals surface area contributed by atoms with Crippen LogP contribution in [0.5, 0.6) is 11.6 Å². The van der Waals surface area contributed by atoms with Crippen molar-refractivity contribution in [3.05, 3.63) is 71.8 Å². The zero-order chi connectivity index (χ0) is 35.6. The molecular weight excluding hydrogens is 658 g/mol. The highest BCUT2D eigenvalue weighted by molar-refractivity contribution is 5.74. The van der Waals surface area contributed by atoms with Crippen molar-refractivity contribution in [3.8, 4) is 28.4 Å². The highest BCUT2D eigenvalue weighted by Gasteiger charge is 2.46. The molecule has 15 heteroatoms. The van der Waals surface area contributed by atoms with Crippen LogP contribution in [0.4, 0.5) is 29.3 Å². The van der Waals surface area contributed by atoms with Crippen molar-refractivity contribution in [1.29, 1.82) is 0 Å². The molecule has 2 atom stereocenters. The van der Waals surface area contributed by atoms with Crippen LogP contribution in [0.2, 0.25) is 0 Å². The lowest BCUT2D eigenvalue weighted by Crippen LogP contribution is -2.41. The van der Waals surface area contributed by atoms with Crippen LogP contribution in [0, 0.1) is 18.2 Å². The van der Waals surface area contributed by atoms with E-state index in [4.69, 9.17) is 15.2 Å². The zero-order valence-electron chi connectivity index (χ0n) is 27.7. The van der Waals surface area contributed by atoms with Crippen LogP contribution in [0.3, 0.4) is 0 Å². The van der Waals surface area contributed by atoms with Gasteiger partial charge in [-0.25, -0.2) is 9.07 Å². The Morgan fingerprint density at radius 1 is 1.12 bits per heavy atom. The summed E-state index contributed by atoms with van der Waals surface area (Å²) in [7, 11) is 0. The summed E-state index contributed by atoms with van der Waals surface area (Å²) in [6.07, 6.45) is -2.31. The number of halogens is 4. The van der Waals surface area contributed by atoms with Crippen molar-refractivity contribution in [2.75, 3.05) is 36.9 Å². The highest BCUT2D eigenvalue weighted by atomic mass is 19.4. The van der Waals surface area contributed by atoms with Gasteiger partial charge in [0, 0.05) is 37.5 Å². The number of unbranched alkanes of at least 4 members (excludes halogenated alkanes) is 1. The number of nitrogens with two attached hydrogens (primary N) is 1. The molecule has 0 unspecified atom stereocenters. The molecule has 0 radical (unpaired) electrons. The maximum Gasteiger partial charge on any atom is 0.429 e. The van der Waals surface area contributed by atoms with E-state index in [1.165, 1.54) is 41.1 Å². The Labute approximate surface area is 286 Å². The maximum atomic E-state index is 15.0. The average molecular weight is 698 g/mol. The molecule has 50 heavy (non-hydrogen) atoms. The van der Waals surface area contributed by atoms with Crippen molar-refractivity contribution in [1.82, 2.24) is 25.1 Å². The van der Waals surface area contributed by atoms with Crippen molar-refractivity contribution < 1.29 is 36.9 Å². The molecule has 6 rings (SSSR count). The van der Waals surface area contributed by atoms with Gasteiger partial charge in [-0.1, -0.05) is 31.5 Å². The standard InChI is InChI=1S/C35H39F4N7O4/c1-3-4-15-49-28-8-6-22(16-25(28)36)23-5-7-24(27(17-23)46-12-9-21(2)44-46)31(35(37,38)39)50-30-18-29(42-33(40)43-30)45-13-10-34(11-14-45)19-26(32(47)48)41-20-34/h5-9,12,16-18,26,31,41H,3-4,10-11,13-15,19-20H2,1-2H3,(H,47,48)(H2,40,42,43)/t26-,31+/m0/s1. The minimum absolute atomic E-state index is 0.0787. The molecule has 266 valence electrons. The molecule has 4 N–H and O–H groups in total. The van der Waals surface area contributed by atoms with Crippen LogP contribution in [0.15, 0.2) is 54.7 Å². The van der Waals surface area contributed by atoms with Gasteiger partial charge < -0.3 is 30.5 Å². The quantitative estimate of drug-likeness (QED) is 0.122. The summed E-state index contributed by atoms with van der Waals surface area (Å²) in [5.41, 5.74) is 7.11. The molecule has 2 saturated heterocycles. The van der Waals surface area contributed by atoms with Gasteiger partial charge in [0.05, 0.1) is 18.0 Å². The number of nitrogen functional groups attached to an aromatic ring is 1. The number of carboxylic acids is 1. The van der Waals surface area contributed by atoms with E-state index in [0.717, 1.165) is 12.8 Å². The van der Waals surface area contributed by atoms with E-state index in [-0.39, 0.29) is 34.2 Å². The Morgan fingerprint density at radius 3 is 2.50 bits per heavy atom. The monoisotopic (exact) mass is 697 g/mol. The lowest BCUT2D eigenvalue weighted by Gasteiger charge is -2.39. The molecule has 2 aliphatic heterocycles. The fraction of sp³-hybridized carbons (Fsp3) is 0.429. The van der Waals surface area contributed by atoms with E-state index in [2.05, 4.69) is 20.4 Å². The first-order valence-corrected chi connectivity index (χ1v) is 16.5. The van der Waals surface area contributed by atoms with Crippen LogP contribution in [-0.2, 0) is 4.79 Å². The smallest absolute Gasteiger partial charge is 0.429 e. The van der Waals surface area contributed by atoms with E-state index >= 15 is 0 Å². The van der Waals surface area contributed by atoms with Crippen molar-refractivity contribution in [2.45, 2.75) is 64.3 Å². The summed E-state index contributed by atoms with van der Waals surface area (Å²) in [5, 5.41) is 16.8. The number of carbonyl (C=O) groups is 1. The number of aromatic nitrogens is 4. The largest absolute Gasteiger partial charge is 0.491 e. The van der Waals surface area contributed by atoms with Gasteiger partial charge in [0.15, 0.2) is 11.6 Å². The zero-order valence-corrected chi connectivity index (χ0v) is 27.7. The fourth-order valence-corrected chi connectivity index (χ4v) is 6.58. The molecule has 0 bridgehead atoms. The molecule has 2 fully saturated rings. The number of nitrogens with one attached hydrogen (secondary N) is 1. The maximum absolute atomic E-state index is 15.0. The van der Waals surface area contributed by atoms with Gasteiger partial charge in [-0.05, 0) is 73.4 Å². The van der Waals surface area contributed by atoms with Gasteiger partial charge in [0.2, 0.25) is 17.9 Å². The van der Waals surface area contributed by atoms with Crippen LogP contribution >= 0.6 is 0 Å². The summed E-state index contributed by atoms with van der Waals surface area (Å²) < 4.78 is 72.1. The molecule has 2 aromatic carbocycles. The normalized spacial score (nSPS) is 18.0. The SMILES string of the molecule is CCCCOc1ccc(-c2ccc([C@@H](Oc3cc(N4CCC5(CC4)CN[C@H](C(=O)O)C5)nc(N)n3)C(F)(F)F)c(-n3ccc(C)n3)c2)cc1F.